The Morgan fingerprint density at radius 1 is 1.07 bits per heavy atom. The zero-order chi connectivity index (χ0) is 11.4. The molecular formula is C13H20O2. The summed E-state index contributed by atoms with van der Waals surface area (Å²) in [5, 5.41) is 19.6. The molecule has 0 radical (unpaired) electrons. The normalized spacial score (nSPS) is 15.3. The van der Waals surface area contributed by atoms with Crippen molar-refractivity contribution in [2.75, 3.05) is 0 Å². The molecule has 1 aromatic carbocycles. The number of aryl methyl sites for hydroxylation is 1. The van der Waals surface area contributed by atoms with E-state index in [0.717, 1.165) is 11.1 Å². The van der Waals surface area contributed by atoms with E-state index in [1.165, 1.54) is 0 Å². The molecule has 1 rings (SSSR count). The van der Waals surface area contributed by atoms with E-state index in [4.69, 9.17) is 0 Å². The van der Waals surface area contributed by atoms with Crippen molar-refractivity contribution in [3.63, 3.8) is 0 Å². The van der Waals surface area contributed by atoms with Crippen LogP contribution in [-0.2, 0) is 0 Å². The minimum atomic E-state index is -0.770. The van der Waals surface area contributed by atoms with Gasteiger partial charge in [-0.3, -0.25) is 0 Å². The van der Waals surface area contributed by atoms with Crippen LogP contribution in [-0.4, -0.2) is 16.3 Å². The quantitative estimate of drug-likeness (QED) is 0.798. The Morgan fingerprint density at radius 3 is 2.07 bits per heavy atom. The van der Waals surface area contributed by atoms with Crippen LogP contribution < -0.4 is 0 Å². The summed E-state index contributed by atoms with van der Waals surface area (Å²) in [6.07, 6.45) is -0.824. The average molecular weight is 208 g/mol. The third-order valence-corrected chi connectivity index (χ3v) is 2.50. The Bertz CT molecular complexity index is 290. The number of hydrogen-bond donors (Lipinski definition) is 2. The van der Waals surface area contributed by atoms with E-state index < -0.39 is 12.2 Å². The van der Waals surface area contributed by atoms with Crippen LogP contribution in [0.1, 0.15) is 37.5 Å². The van der Waals surface area contributed by atoms with Crippen LogP contribution in [0.3, 0.4) is 0 Å². The number of hydrogen-bond acceptors (Lipinski definition) is 2. The average Bonchev–Trinajstić information content (AvgIpc) is 2.17. The highest BCUT2D eigenvalue weighted by Crippen LogP contribution is 2.21. The lowest BCUT2D eigenvalue weighted by Crippen LogP contribution is -2.20. The van der Waals surface area contributed by atoms with E-state index in [-0.39, 0.29) is 0 Å². The molecule has 0 saturated carbocycles. The second-order valence-electron chi connectivity index (χ2n) is 4.55. The summed E-state index contributed by atoms with van der Waals surface area (Å²) >= 11 is 0. The number of rotatable bonds is 4. The van der Waals surface area contributed by atoms with Crippen molar-refractivity contribution in [1.29, 1.82) is 0 Å². The maximum atomic E-state index is 9.88. The SMILES string of the molecule is Cc1ccc([C@H](O)[C@@H](O)CC(C)C)cc1. The van der Waals surface area contributed by atoms with Crippen molar-refractivity contribution in [3.05, 3.63) is 35.4 Å². The maximum absolute atomic E-state index is 9.88. The third kappa shape index (κ3) is 3.65. The first-order chi connectivity index (χ1) is 7.00. The van der Waals surface area contributed by atoms with E-state index in [1.807, 2.05) is 45.0 Å². The maximum Gasteiger partial charge on any atom is 0.105 e. The lowest BCUT2D eigenvalue weighted by molar-refractivity contribution is 0.00633. The molecule has 84 valence electrons. The first-order valence-corrected chi connectivity index (χ1v) is 5.43. The molecule has 0 heterocycles. The second kappa shape index (κ2) is 5.29. The minimum absolute atomic E-state index is 0.389. The molecule has 0 fully saturated rings. The zero-order valence-corrected chi connectivity index (χ0v) is 9.64. The largest absolute Gasteiger partial charge is 0.390 e. The molecule has 2 nitrogen and oxygen atoms in total. The lowest BCUT2D eigenvalue weighted by atomic mass is 9.96. The molecule has 2 atom stereocenters. The summed E-state index contributed by atoms with van der Waals surface area (Å²) in [4.78, 5) is 0. The number of aliphatic hydroxyl groups is 2. The van der Waals surface area contributed by atoms with Crippen LogP contribution in [0, 0.1) is 12.8 Å². The van der Waals surface area contributed by atoms with Gasteiger partial charge in [0.25, 0.3) is 0 Å². The Morgan fingerprint density at radius 2 is 1.60 bits per heavy atom. The highest BCUT2D eigenvalue weighted by molar-refractivity contribution is 5.23. The van der Waals surface area contributed by atoms with Gasteiger partial charge in [-0.25, -0.2) is 0 Å². The molecule has 1 aromatic rings. The van der Waals surface area contributed by atoms with E-state index in [2.05, 4.69) is 0 Å². The van der Waals surface area contributed by atoms with Gasteiger partial charge >= 0.3 is 0 Å². The smallest absolute Gasteiger partial charge is 0.105 e. The lowest BCUT2D eigenvalue weighted by Gasteiger charge is -2.19. The van der Waals surface area contributed by atoms with Gasteiger partial charge in [0, 0.05) is 0 Å². The molecule has 0 bridgehead atoms. The molecule has 0 aliphatic heterocycles. The summed E-state index contributed by atoms with van der Waals surface area (Å²) < 4.78 is 0. The minimum Gasteiger partial charge on any atom is -0.390 e. The fourth-order valence-electron chi connectivity index (χ4n) is 1.60. The number of aliphatic hydroxyl groups excluding tert-OH is 2. The van der Waals surface area contributed by atoms with Gasteiger partial charge in [-0.2, -0.15) is 0 Å². The monoisotopic (exact) mass is 208 g/mol. The van der Waals surface area contributed by atoms with Gasteiger partial charge < -0.3 is 10.2 Å². The summed E-state index contributed by atoms with van der Waals surface area (Å²) in [7, 11) is 0. The Labute approximate surface area is 91.6 Å². The molecule has 0 saturated heterocycles. The van der Waals surface area contributed by atoms with Crippen LogP contribution >= 0.6 is 0 Å². The van der Waals surface area contributed by atoms with Gasteiger partial charge in [-0.15, -0.1) is 0 Å². The molecule has 0 aromatic heterocycles. The van der Waals surface area contributed by atoms with E-state index >= 15 is 0 Å². The van der Waals surface area contributed by atoms with Gasteiger partial charge in [0.15, 0.2) is 0 Å². The first-order valence-electron chi connectivity index (χ1n) is 5.43. The van der Waals surface area contributed by atoms with Crippen molar-refractivity contribution in [2.45, 2.75) is 39.4 Å². The van der Waals surface area contributed by atoms with E-state index in [0.29, 0.717) is 12.3 Å². The molecular weight excluding hydrogens is 188 g/mol. The van der Waals surface area contributed by atoms with Gasteiger partial charge in [0.1, 0.15) is 6.10 Å². The molecule has 0 spiro atoms. The molecule has 0 amide bonds. The van der Waals surface area contributed by atoms with Crippen LogP contribution in [0.4, 0.5) is 0 Å². The molecule has 2 N–H and O–H groups in total. The molecule has 2 heteroatoms. The topological polar surface area (TPSA) is 40.5 Å². The van der Waals surface area contributed by atoms with Gasteiger partial charge in [0.05, 0.1) is 6.10 Å². The summed E-state index contributed by atoms with van der Waals surface area (Å²) in [5.41, 5.74) is 1.94. The van der Waals surface area contributed by atoms with Crippen molar-refractivity contribution in [2.24, 2.45) is 5.92 Å². The van der Waals surface area contributed by atoms with Gasteiger partial charge in [-0.05, 0) is 24.8 Å². The van der Waals surface area contributed by atoms with Crippen molar-refractivity contribution < 1.29 is 10.2 Å². The van der Waals surface area contributed by atoms with Crippen molar-refractivity contribution >= 4 is 0 Å². The summed E-state index contributed by atoms with van der Waals surface area (Å²) in [6.45, 7) is 6.07. The fraction of sp³-hybridized carbons (Fsp3) is 0.538. The van der Waals surface area contributed by atoms with E-state index in [9.17, 15) is 10.2 Å². The Hall–Kier alpha value is -0.860. The van der Waals surface area contributed by atoms with E-state index in [1.54, 1.807) is 0 Å². The van der Waals surface area contributed by atoms with Crippen LogP contribution in [0.2, 0.25) is 0 Å². The highest BCUT2D eigenvalue weighted by Gasteiger charge is 2.18. The zero-order valence-electron chi connectivity index (χ0n) is 9.64. The molecule has 0 aliphatic carbocycles. The summed E-state index contributed by atoms with van der Waals surface area (Å²) in [6, 6.07) is 7.62. The summed E-state index contributed by atoms with van der Waals surface area (Å²) in [5.74, 6) is 0.389. The molecule has 15 heavy (non-hydrogen) atoms. The van der Waals surface area contributed by atoms with Gasteiger partial charge in [0.2, 0.25) is 0 Å². The molecule has 0 unspecified atom stereocenters. The van der Waals surface area contributed by atoms with Crippen LogP contribution in [0.5, 0.6) is 0 Å². The first kappa shape index (κ1) is 12.2. The van der Waals surface area contributed by atoms with Crippen LogP contribution in [0.15, 0.2) is 24.3 Å². The highest BCUT2D eigenvalue weighted by atomic mass is 16.3. The molecule has 0 aliphatic rings. The van der Waals surface area contributed by atoms with Crippen molar-refractivity contribution in [3.8, 4) is 0 Å². The van der Waals surface area contributed by atoms with Gasteiger partial charge in [-0.1, -0.05) is 43.7 Å². The van der Waals surface area contributed by atoms with Crippen LogP contribution in [0.25, 0.3) is 0 Å². The Kier molecular flexibility index (Phi) is 4.30. The van der Waals surface area contributed by atoms with Crippen molar-refractivity contribution in [1.82, 2.24) is 0 Å². The fourth-order valence-corrected chi connectivity index (χ4v) is 1.60. The predicted octanol–water partition coefficient (Wildman–Crippen LogP) is 2.44. The standard InChI is InChI=1S/C13H20O2/c1-9(2)8-12(14)13(15)11-6-4-10(3)5-7-11/h4-7,9,12-15H,8H2,1-3H3/t12-,13-/m0/s1. The second-order valence-corrected chi connectivity index (χ2v) is 4.55. The predicted molar refractivity (Wildman–Crippen MR) is 61.6 cm³/mol. The Balaban J connectivity index is 2.67. The third-order valence-electron chi connectivity index (χ3n) is 2.50. The number of benzene rings is 1.